The molecule has 1 N–H and O–H groups in total. The first kappa shape index (κ1) is 13.9. The molecule has 21 heavy (non-hydrogen) atoms. The summed E-state index contributed by atoms with van der Waals surface area (Å²) in [5.41, 5.74) is 1.80. The van der Waals surface area contributed by atoms with Gasteiger partial charge in [-0.3, -0.25) is 0 Å². The van der Waals surface area contributed by atoms with E-state index < -0.39 is 6.29 Å². The third-order valence-corrected chi connectivity index (χ3v) is 3.66. The van der Waals surface area contributed by atoms with E-state index in [0.29, 0.717) is 24.5 Å². The molecule has 110 valence electrons. The summed E-state index contributed by atoms with van der Waals surface area (Å²) in [4.78, 5) is 0. The minimum atomic E-state index is -0.555. The van der Waals surface area contributed by atoms with Gasteiger partial charge >= 0.3 is 0 Å². The van der Waals surface area contributed by atoms with Gasteiger partial charge in [0.25, 0.3) is 0 Å². The molecule has 0 saturated carbocycles. The number of benzene rings is 2. The zero-order valence-electron chi connectivity index (χ0n) is 11.9. The predicted octanol–water partition coefficient (Wildman–Crippen LogP) is 3.23. The second kappa shape index (κ2) is 6.16. The summed E-state index contributed by atoms with van der Waals surface area (Å²) in [6, 6.07) is 15.2. The zero-order valence-corrected chi connectivity index (χ0v) is 11.9. The van der Waals surface area contributed by atoms with E-state index >= 15 is 0 Å². The minimum Gasteiger partial charge on any atom is -0.507 e. The number of methoxy groups -OCH3 is 1. The summed E-state index contributed by atoms with van der Waals surface area (Å²) in [5.74, 6) is 1.04. The number of phenols is 1. The van der Waals surface area contributed by atoms with Gasteiger partial charge in [0, 0.05) is 5.92 Å². The molecule has 4 heteroatoms. The van der Waals surface area contributed by atoms with Gasteiger partial charge in [0.2, 0.25) is 0 Å². The van der Waals surface area contributed by atoms with Crippen LogP contribution in [-0.4, -0.2) is 25.4 Å². The zero-order chi connectivity index (χ0) is 14.7. The van der Waals surface area contributed by atoms with Crippen LogP contribution in [0, 0.1) is 0 Å². The molecule has 2 aromatic carbocycles. The Morgan fingerprint density at radius 3 is 2.43 bits per heavy atom. The lowest BCUT2D eigenvalue weighted by atomic mass is 10.0. The highest BCUT2D eigenvalue weighted by atomic mass is 16.7. The highest BCUT2D eigenvalue weighted by Gasteiger charge is 2.26. The normalized spacial score (nSPS) is 22.0. The first-order valence-electron chi connectivity index (χ1n) is 6.93. The van der Waals surface area contributed by atoms with Crippen molar-refractivity contribution < 1.29 is 19.3 Å². The number of hydrogen-bond donors (Lipinski definition) is 1. The van der Waals surface area contributed by atoms with Crippen molar-refractivity contribution in [3.05, 3.63) is 59.7 Å². The summed E-state index contributed by atoms with van der Waals surface area (Å²) in [6.07, 6.45) is -0.555. The summed E-state index contributed by atoms with van der Waals surface area (Å²) in [6.45, 7) is 1.12. The lowest BCUT2D eigenvalue weighted by Crippen LogP contribution is -2.25. The molecule has 0 aromatic heterocycles. The van der Waals surface area contributed by atoms with Gasteiger partial charge < -0.3 is 19.3 Å². The number of hydrogen-bond acceptors (Lipinski definition) is 4. The molecule has 0 bridgehead atoms. The predicted molar refractivity (Wildman–Crippen MR) is 78.5 cm³/mol. The fourth-order valence-corrected chi connectivity index (χ4v) is 2.45. The molecular formula is C17H18O4. The van der Waals surface area contributed by atoms with E-state index in [1.165, 1.54) is 5.56 Å². The Morgan fingerprint density at radius 2 is 1.76 bits per heavy atom. The fraction of sp³-hybridized carbons (Fsp3) is 0.294. The van der Waals surface area contributed by atoms with Crippen LogP contribution < -0.4 is 4.74 Å². The van der Waals surface area contributed by atoms with Gasteiger partial charge in [0.05, 0.1) is 25.9 Å². The Morgan fingerprint density at radius 1 is 1.05 bits per heavy atom. The standard InChI is InChI=1S/C17H18O4/c1-19-14-7-8-16(18)15(9-14)17-20-10-13(11-21-17)12-5-3-2-4-6-12/h2-9,13,17-18H,10-11H2,1H3. The monoisotopic (exact) mass is 286 g/mol. The lowest BCUT2D eigenvalue weighted by Gasteiger charge is -2.30. The molecule has 0 spiro atoms. The van der Waals surface area contributed by atoms with E-state index in [0.717, 1.165) is 0 Å². The van der Waals surface area contributed by atoms with Crippen LogP contribution in [0.4, 0.5) is 0 Å². The Bertz CT molecular complexity index is 589. The van der Waals surface area contributed by atoms with Crippen LogP contribution in [0.1, 0.15) is 23.3 Å². The fourth-order valence-electron chi connectivity index (χ4n) is 2.45. The van der Waals surface area contributed by atoms with Crippen molar-refractivity contribution in [2.75, 3.05) is 20.3 Å². The quantitative estimate of drug-likeness (QED) is 0.941. The van der Waals surface area contributed by atoms with Gasteiger partial charge in [-0.15, -0.1) is 0 Å². The molecule has 1 saturated heterocycles. The van der Waals surface area contributed by atoms with Crippen molar-refractivity contribution in [2.45, 2.75) is 12.2 Å². The maximum atomic E-state index is 9.95. The Kier molecular flexibility index (Phi) is 4.08. The summed E-state index contributed by atoms with van der Waals surface area (Å²) in [5, 5.41) is 9.95. The van der Waals surface area contributed by atoms with Crippen LogP contribution in [0.2, 0.25) is 0 Å². The van der Waals surface area contributed by atoms with E-state index in [-0.39, 0.29) is 11.7 Å². The molecule has 0 aliphatic carbocycles. The highest BCUT2D eigenvalue weighted by Crippen LogP contribution is 2.35. The van der Waals surface area contributed by atoms with Crippen LogP contribution in [-0.2, 0) is 9.47 Å². The number of aromatic hydroxyl groups is 1. The van der Waals surface area contributed by atoms with E-state index in [4.69, 9.17) is 14.2 Å². The Balaban J connectivity index is 1.71. The second-order valence-electron chi connectivity index (χ2n) is 5.03. The van der Waals surface area contributed by atoms with Gasteiger partial charge in [-0.2, -0.15) is 0 Å². The van der Waals surface area contributed by atoms with Crippen molar-refractivity contribution in [3.63, 3.8) is 0 Å². The molecule has 3 rings (SSSR count). The van der Waals surface area contributed by atoms with Crippen molar-refractivity contribution in [1.82, 2.24) is 0 Å². The van der Waals surface area contributed by atoms with Crippen molar-refractivity contribution >= 4 is 0 Å². The topological polar surface area (TPSA) is 47.9 Å². The summed E-state index contributed by atoms with van der Waals surface area (Å²) < 4.78 is 16.7. The Hall–Kier alpha value is -2.04. The largest absolute Gasteiger partial charge is 0.507 e. The number of rotatable bonds is 3. The molecule has 0 unspecified atom stereocenters. The molecule has 0 atom stereocenters. The average molecular weight is 286 g/mol. The number of ether oxygens (including phenoxy) is 3. The van der Waals surface area contributed by atoms with Gasteiger partial charge in [-0.25, -0.2) is 0 Å². The molecule has 2 aromatic rings. The maximum Gasteiger partial charge on any atom is 0.187 e. The molecule has 1 fully saturated rings. The van der Waals surface area contributed by atoms with Crippen LogP contribution in [0.25, 0.3) is 0 Å². The van der Waals surface area contributed by atoms with Crippen LogP contribution in [0.5, 0.6) is 11.5 Å². The summed E-state index contributed by atoms with van der Waals surface area (Å²) >= 11 is 0. The van der Waals surface area contributed by atoms with Gasteiger partial charge in [0.15, 0.2) is 6.29 Å². The maximum absolute atomic E-state index is 9.95. The molecule has 1 aliphatic rings. The first-order valence-corrected chi connectivity index (χ1v) is 6.93. The smallest absolute Gasteiger partial charge is 0.187 e. The van der Waals surface area contributed by atoms with Crippen LogP contribution >= 0.6 is 0 Å². The van der Waals surface area contributed by atoms with E-state index in [1.807, 2.05) is 18.2 Å². The molecular weight excluding hydrogens is 268 g/mol. The summed E-state index contributed by atoms with van der Waals surface area (Å²) in [7, 11) is 1.59. The molecule has 0 radical (unpaired) electrons. The van der Waals surface area contributed by atoms with E-state index in [9.17, 15) is 5.11 Å². The van der Waals surface area contributed by atoms with Crippen LogP contribution in [0.3, 0.4) is 0 Å². The SMILES string of the molecule is COc1ccc(O)c(C2OCC(c3ccccc3)CO2)c1. The second-order valence-corrected chi connectivity index (χ2v) is 5.03. The van der Waals surface area contributed by atoms with Crippen molar-refractivity contribution in [1.29, 1.82) is 0 Å². The average Bonchev–Trinajstić information content (AvgIpc) is 2.56. The van der Waals surface area contributed by atoms with Crippen molar-refractivity contribution in [3.8, 4) is 11.5 Å². The van der Waals surface area contributed by atoms with Gasteiger partial charge in [-0.1, -0.05) is 30.3 Å². The molecule has 1 heterocycles. The van der Waals surface area contributed by atoms with E-state index in [2.05, 4.69) is 12.1 Å². The number of phenolic OH excluding ortho intramolecular Hbond substituents is 1. The third-order valence-electron chi connectivity index (χ3n) is 3.66. The Labute approximate surface area is 123 Å². The van der Waals surface area contributed by atoms with Crippen molar-refractivity contribution in [2.24, 2.45) is 0 Å². The molecule has 1 aliphatic heterocycles. The van der Waals surface area contributed by atoms with Crippen LogP contribution in [0.15, 0.2) is 48.5 Å². The third kappa shape index (κ3) is 3.01. The minimum absolute atomic E-state index is 0.152. The first-order chi connectivity index (χ1) is 10.3. The van der Waals surface area contributed by atoms with Gasteiger partial charge in [-0.05, 0) is 23.8 Å². The van der Waals surface area contributed by atoms with Gasteiger partial charge in [0.1, 0.15) is 11.5 Å². The highest BCUT2D eigenvalue weighted by molar-refractivity contribution is 5.40. The molecule has 0 amide bonds. The lowest BCUT2D eigenvalue weighted by molar-refractivity contribution is -0.192. The van der Waals surface area contributed by atoms with E-state index in [1.54, 1.807) is 25.3 Å². The molecule has 4 nitrogen and oxygen atoms in total.